The molecule has 1 amide bonds. The summed E-state index contributed by atoms with van der Waals surface area (Å²) in [6.45, 7) is 0.426. The number of halogens is 2. The van der Waals surface area contributed by atoms with Gasteiger partial charge in [-0.1, -0.05) is 11.6 Å². The highest BCUT2D eigenvalue weighted by Gasteiger charge is 2.32. The molecule has 1 heterocycles. The zero-order valence-electron chi connectivity index (χ0n) is 15.2. The number of amides is 1. The zero-order chi connectivity index (χ0) is 20.3. The molecule has 1 aliphatic rings. The second-order valence-electron chi connectivity index (χ2n) is 6.47. The van der Waals surface area contributed by atoms with Crippen LogP contribution in [-0.2, 0) is 14.8 Å². The summed E-state index contributed by atoms with van der Waals surface area (Å²) in [7, 11) is -2.13. The number of hydrogen-bond acceptors (Lipinski definition) is 4. The van der Waals surface area contributed by atoms with Gasteiger partial charge in [-0.25, -0.2) is 12.8 Å². The number of piperidine rings is 1. The smallest absolute Gasteiger partial charge is 0.243 e. The van der Waals surface area contributed by atoms with E-state index in [0.717, 1.165) is 0 Å². The Morgan fingerprint density at radius 1 is 1.18 bits per heavy atom. The van der Waals surface area contributed by atoms with Crippen molar-refractivity contribution < 1.29 is 22.3 Å². The molecule has 0 atom stereocenters. The first kappa shape index (κ1) is 20.6. The molecule has 1 aliphatic heterocycles. The number of benzene rings is 2. The minimum Gasteiger partial charge on any atom is -0.497 e. The van der Waals surface area contributed by atoms with Crippen LogP contribution in [0.5, 0.6) is 5.75 Å². The van der Waals surface area contributed by atoms with Crippen LogP contribution < -0.4 is 10.1 Å². The highest BCUT2D eigenvalue weighted by Crippen LogP contribution is 2.27. The van der Waals surface area contributed by atoms with E-state index in [9.17, 15) is 17.6 Å². The van der Waals surface area contributed by atoms with E-state index in [1.165, 1.54) is 41.7 Å². The second kappa shape index (κ2) is 8.46. The minimum absolute atomic E-state index is 0.0192. The maximum atomic E-state index is 13.8. The van der Waals surface area contributed by atoms with Crippen molar-refractivity contribution >= 4 is 33.2 Å². The quantitative estimate of drug-likeness (QED) is 0.793. The van der Waals surface area contributed by atoms with Gasteiger partial charge in [-0.3, -0.25) is 4.79 Å². The van der Waals surface area contributed by atoms with E-state index in [0.29, 0.717) is 23.6 Å². The molecule has 28 heavy (non-hydrogen) atoms. The topological polar surface area (TPSA) is 75.7 Å². The first-order valence-corrected chi connectivity index (χ1v) is 10.5. The lowest BCUT2D eigenvalue weighted by Gasteiger charge is -2.30. The molecule has 0 aromatic heterocycles. The molecule has 1 saturated heterocycles. The summed E-state index contributed by atoms with van der Waals surface area (Å²) in [6, 6.07) is 10.1. The lowest BCUT2D eigenvalue weighted by molar-refractivity contribution is -0.120. The van der Waals surface area contributed by atoms with E-state index in [-0.39, 0.29) is 29.6 Å². The SMILES string of the molecule is COc1ccc(S(=O)(=O)N2CCC(C(=O)Nc3cc(Cl)ccc3F)CC2)cc1. The molecule has 1 fully saturated rings. The predicted molar refractivity (Wildman–Crippen MR) is 105 cm³/mol. The Morgan fingerprint density at radius 2 is 1.82 bits per heavy atom. The number of carbonyl (C=O) groups excluding carboxylic acids is 1. The molecular weight excluding hydrogens is 407 g/mol. The van der Waals surface area contributed by atoms with Crippen molar-refractivity contribution in [3.63, 3.8) is 0 Å². The van der Waals surface area contributed by atoms with Crippen LogP contribution in [0.1, 0.15) is 12.8 Å². The summed E-state index contributed by atoms with van der Waals surface area (Å²) in [4.78, 5) is 12.6. The summed E-state index contributed by atoms with van der Waals surface area (Å²) in [5.41, 5.74) is 0.0192. The van der Waals surface area contributed by atoms with Crippen LogP contribution in [-0.4, -0.2) is 38.8 Å². The number of nitrogens with zero attached hydrogens (tertiary/aromatic N) is 1. The Kier molecular flexibility index (Phi) is 6.22. The molecule has 9 heteroatoms. The van der Waals surface area contributed by atoms with Gasteiger partial charge in [0.25, 0.3) is 0 Å². The Balaban J connectivity index is 1.63. The number of nitrogens with one attached hydrogen (secondary N) is 1. The fourth-order valence-electron chi connectivity index (χ4n) is 3.08. The van der Waals surface area contributed by atoms with Crippen molar-refractivity contribution in [3.05, 3.63) is 53.3 Å². The van der Waals surface area contributed by atoms with Crippen LogP contribution in [0.2, 0.25) is 5.02 Å². The van der Waals surface area contributed by atoms with Gasteiger partial charge in [0.2, 0.25) is 15.9 Å². The molecule has 0 unspecified atom stereocenters. The molecule has 0 spiro atoms. The summed E-state index contributed by atoms with van der Waals surface area (Å²) in [5, 5.41) is 2.86. The zero-order valence-corrected chi connectivity index (χ0v) is 16.8. The van der Waals surface area contributed by atoms with Crippen LogP contribution in [0.25, 0.3) is 0 Å². The standard InChI is InChI=1S/C19H20ClFN2O4S/c1-27-15-3-5-16(6-4-15)28(25,26)23-10-8-13(9-11-23)19(24)22-18-12-14(20)2-7-17(18)21/h2-7,12-13H,8-11H2,1H3,(H,22,24). The molecule has 0 radical (unpaired) electrons. The van der Waals surface area contributed by atoms with Gasteiger partial charge in [-0.2, -0.15) is 4.31 Å². The van der Waals surface area contributed by atoms with Gasteiger partial charge in [0.1, 0.15) is 11.6 Å². The predicted octanol–water partition coefficient (Wildman–Crippen LogP) is 3.53. The Labute approximate surface area is 168 Å². The van der Waals surface area contributed by atoms with Crippen molar-refractivity contribution in [1.29, 1.82) is 0 Å². The fraction of sp³-hybridized carbons (Fsp3) is 0.316. The third kappa shape index (κ3) is 4.45. The average Bonchev–Trinajstić information content (AvgIpc) is 2.71. The van der Waals surface area contributed by atoms with Crippen molar-refractivity contribution in [3.8, 4) is 5.75 Å². The molecule has 2 aromatic carbocycles. The van der Waals surface area contributed by atoms with Crippen LogP contribution in [0.4, 0.5) is 10.1 Å². The normalized spacial score (nSPS) is 16.0. The van der Waals surface area contributed by atoms with E-state index in [1.54, 1.807) is 12.1 Å². The monoisotopic (exact) mass is 426 g/mol. The fourth-order valence-corrected chi connectivity index (χ4v) is 4.72. The van der Waals surface area contributed by atoms with E-state index in [4.69, 9.17) is 16.3 Å². The van der Waals surface area contributed by atoms with E-state index >= 15 is 0 Å². The molecule has 6 nitrogen and oxygen atoms in total. The van der Waals surface area contributed by atoms with Gasteiger partial charge in [0.15, 0.2) is 0 Å². The van der Waals surface area contributed by atoms with Crippen LogP contribution in [0, 0.1) is 11.7 Å². The maximum Gasteiger partial charge on any atom is 0.243 e. The highest BCUT2D eigenvalue weighted by atomic mass is 35.5. The number of ether oxygens (including phenoxy) is 1. The third-order valence-corrected chi connectivity index (χ3v) is 6.86. The van der Waals surface area contributed by atoms with Crippen LogP contribution >= 0.6 is 11.6 Å². The van der Waals surface area contributed by atoms with Gasteiger partial charge in [-0.05, 0) is 55.3 Å². The van der Waals surface area contributed by atoms with Crippen molar-refractivity contribution in [2.75, 3.05) is 25.5 Å². The number of methoxy groups -OCH3 is 1. The van der Waals surface area contributed by atoms with Gasteiger partial charge in [0.05, 0.1) is 17.7 Å². The van der Waals surface area contributed by atoms with Crippen LogP contribution in [0.3, 0.4) is 0 Å². The molecule has 0 saturated carbocycles. The highest BCUT2D eigenvalue weighted by molar-refractivity contribution is 7.89. The van der Waals surface area contributed by atoms with Crippen molar-refractivity contribution in [1.82, 2.24) is 4.31 Å². The van der Waals surface area contributed by atoms with E-state index < -0.39 is 21.8 Å². The van der Waals surface area contributed by atoms with Gasteiger partial charge < -0.3 is 10.1 Å². The Bertz CT molecular complexity index is 958. The molecular formula is C19H20ClFN2O4S. The molecule has 1 N–H and O–H groups in total. The lowest BCUT2D eigenvalue weighted by atomic mass is 9.97. The molecule has 2 aromatic rings. The number of hydrogen-bond donors (Lipinski definition) is 1. The van der Waals surface area contributed by atoms with E-state index in [2.05, 4.69) is 5.32 Å². The molecule has 3 rings (SSSR count). The third-order valence-electron chi connectivity index (χ3n) is 4.71. The van der Waals surface area contributed by atoms with E-state index in [1.807, 2.05) is 0 Å². The average molecular weight is 427 g/mol. The Hall–Kier alpha value is -2.16. The van der Waals surface area contributed by atoms with Crippen molar-refractivity contribution in [2.45, 2.75) is 17.7 Å². The van der Waals surface area contributed by atoms with Gasteiger partial charge in [0, 0.05) is 24.0 Å². The molecule has 0 aliphatic carbocycles. The van der Waals surface area contributed by atoms with Crippen LogP contribution in [0.15, 0.2) is 47.4 Å². The first-order chi connectivity index (χ1) is 13.3. The molecule has 150 valence electrons. The summed E-state index contributed by atoms with van der Waals surface area (Å²) < 4.78 is 45.7. The molecule has 0 bridgehead atoms. The summed E-state index contributed by atoms with van der Waals surface area (Å²) in [5.74, 6) is -0.747. The Morgan fingerprint density at radius 3 is 2.43 bits per heavy atom. The largest absolute Gasteiger partial charge is 0.497 e. The summed E-state index contributed by atoms with van der Waals surface area (Å²) in [6.07, 6.45) is 0.701. The summed E-state index contributed by atoms with van der Waals surface area (Å²) >= 11 is 5.83. The minimum atomic E-state index is -3.64. The van der Waals surface area contributed by atoms with Crippen molar-refractivity contribution in [2.24, 2.45) is 5.92 Å². The number of carbonyl (C=O) groups is 1. The number of sulfonamides is 1. The van der Waals surface area contributed by atoms with Gasteiger partial charge >= 0.3 is 0 Å². The van der Waals surface area contributed by atoms with Gasteiger partial charge in [-0.15, -0.1) is 0 Å². The number of rotatable bonds is 5. The first-order valence-electron chi connectivity index (χ1n) is 8.71. The number of anilines is 1. The lowest BCUT2D eigenvalue weighted by Crippen LogP contribution is -2.41. The maximum absolute atomic E-state index is 13.8. The second-order valence-corrected chi connectivity index (χ2v) is 8.84.